The molecule has 0 bridgehead atoms. The van der Waals surface area contributed by atoms with Crippen LogP contribution in [0.2, 0.25) is 5.02 Å². The van der Waals surface area contributed by atoms with Gasteiger partial charge in [-0.2, -0.15) is 5.10 Å². The summed E-state index contributed by atoms with van der Waals surface area (Å²) >= 11 is 6.95. The van der Waals surface area contributed by atoms with Crippen LogP contribution in [0.1, 0.15) is 22.5 Å². The van der Waals surface area contributed by atoms with Crippen molar-refractivity contribution in [3.63, 3.8) is 0 Å². The van der Waals surface area contributed by atoms with Crippen LogP contribution in [-0.2, 0) is 13.0 Å². The molecule has 2 aromatic heterocycles. The third-order valence-corrected chi connectivity index (χ3v) is 8.97. The van der Waals surface area contributed by atoms with E-state index in [1.54, 1.807) is 16.9 Å². The summed E-state index contributed by atoms with van der Waals surface area (Å²) in [5, 5.41) is 25.0. The summed E-state index contributed by atoms with van der Waals surface area (Å²) in [6, 6.07) is 14.0. The second kappa shape index (κ2) is 12.5. The van der Waals surface area contributed by atoms with Crippen molar-refractivity contribution < 1.29 is 19.0 Å². The third kappa shape index (κ3) is 5.65. The first kappa shape index (κ1) is 29.3. The molecule has 3 N–H and O–H groups in total. The van der Waals surface area contributed by atoms with Crippen LogP contribution in [0, 0.1) is 5.82 Å². The SMILES string of the molecule is O=C(O)c1c(CCCOc2cccc3cc(F)ccc23)c2ccc(Cl)c(-c3cnn4c3NCC=C4)c2n1CCN1CCNCC1. The second-order valence-corrected chi connectivity index (χ2v) is 11.8. The minimum absolute atomic E-state index is 0.276. The molecule has 0 atom stereocenters. The van der Waals surface area contributed by atoms with Gasteiger partial charge in [0.25, 0.3) is 0 Å². The van der Waals surface area contributed by atoms with E-state index >= 15 is 0 Å². The zero-order valence-electron chi connectivity index (χ0n) is 24.7. The highest BCUT2D eigenvalue weighted by Crippen LogP contribution is 2.43. The number of nitrogens with one attached hydrogen (secondary N) is 2. The van der Waals surface area contributed by atoms with Gasteiger partial charge in [-0.3, -0.25) is 4.90 Å². The van der Waals surface area contributed by atoms with Crippen LogP contribution in [0.5, 0.6) is 5.75 Å². The molecule has 1 fully saturated rings. The molecule has 3 aromatic carbocycles. The zero-order chi connectivity index (χ0) is 30.9. The normalized spacial score (nSPS) is 15.0. The Hall–Kier alpha value is -4.38. The minimum atomic E-state index is -0.973. The van der Waals surface area contributed by atoms with Crippen LogP contribution in [0.3, 0.4) is 0 Å². The van der Waals surface area contributed by atoms with E-state index in [4.69, 9.17) is 16.3 Å². The minimum Gasteiger partial charge on any atom is -0.493 e. The average molecular weight is 629 g/mol. The van der Waals surface area contributed by atoms with Crippen LogP contribution < -0.4 is 15.4 Å². The molecule has 1 saturated heterocycles. The lowest BCUT2D eigenvalue weighted by Gasteiger charge is -2.27. The molecule has 0 radical (unpaired) electrons. The van der Waals surface area contributed by atoms with Gasteiger partial charge in [-0.25, -0.2) is 13.9 Å². The van der Waals surface area contributed by atoms with Gasteiger partial charge in [0.1, 0.15) is 23.1 Å². The number of carbonyl (C=O) groups is 1. The predicted octanol–water partition coefficient (Wildman–Crippen LogP) is 5.96. The number of carboxylic acid groups (broad SMARTS) is 1. The van der Waals surface area contributed by atoms with E-state index in [2.05, 4.69) is 20.6 Å². The largest absolute Gasteiger partial charge is 0.493 e. The Bertz CT molecular complexity index is 1930. The number of nitrogens with zero attached hydrogens (tertiary/aromatic N) is 4. The third-order valence-electron chi connectivity index (χ3n) is 8.66. The van der Waals surface area contributed by atoms with Crippen LogP contribution in [0.15, 0.2) is 60.8 Å². The smallest absolute Gasteiger partial charge is 0.352 e. The molecule has 2 aliphatic rings. The van der Waals surface area contributed by atoms with Crippen molar-refractivity contribution in [2.75, 3.05) is 51.2 Å². The van der Waals surface area contributed by atoms with Gasteiger partial charge in [-0.1, -0.05) is 29.8 Å². The first-order chi connectivity index (χ1) is 22.0. The lowest BCUT2D eigenvalue weighted by atomic mass is 10.0. The number of hydrogen-bond acceptors (Lipinski definition) is 6. The summed E-state index contributed by atoms with van der Waals surface area (Å²) in [7, 11) is 0. The number of carboxylic acids is 1. The van der Waals surface area contributed by atoms with E-state index < -0.39 is 5.97 Å². The number of aromatic carboxylic acids is 1. The molecule has 0 spiro atoms. The van der Waals surface area contributed by atoms with E-state index in [1.807, 2.05) is 47.2 Å². The summed E-state index contributed by atoms with van der Waals surface area (Å²) in [6.45, 7) is 5.90. The summed E-state index contributed by atoms with van der Waals surface area (Å²) < 4.78 is 23.6. The fourth-order valence-corrected chi connectivity index (χ4v) is 6.82. The predicted molar refractivity (Wildman–Crippen MR) is 176 cm³/mol. The summed E-state index contributed by atoms with van der Waals surface area (Å²) in [5.41, 5.74) is 3.43. The summed E-state index contributed by atoms with van der Waals surface area (Å²) in [4.78, 5) is 15.4. The number of rotatable bonds is 10. The Morgan fingerprint density at radius 2 is 1.93 bits per heavy atom. The Kier molecular flexibility index (Phi) is 8.18. The van der Waals surface area contributed by atoms with Gasteiger partial charge in [-0.15, -0.1) is 0 Å². The van der Waals surface area contributed by atoms with Crippen LogP contribution in [0.4, 0.5) is 10.2 Å². The Morgan fingerprint density at radius 3 is 2.78 bits per heavy atom. The summed E-state index contributed by atoms with van der Waals surface area (Å²) in [5.74, 6) is 0.228. The van der Waals surface area contributed by atoms with Crippen molar-refractivity contribution >= 4 is 51.3 Å². The number of hydrogen-bond donors (Lipinski definition) is 3. The lowest BCUT2D eigenvalue weighted by molar-refractivity contribution is 0.0683. The van der Waals surface area contributed by atoms with Crippen molar-refractivity contribution in [1.82, 2.24) is 24.6 Å². The molecule has 0 aliphatic carbocycles. The maximum atomic E-state index is 13.8. The average Bonchev–Trinajstić information content (AvgIpc) is 3.61. The highest BCUT2D eigenvalue weighted by atomic mass is 35.5. The number of aromatic nitrogens is 3. The lowest BCUT2D eigenvalue weighted by Crippen LogP contribution is -2.44. The second-order valence-electron chi connectivity index (χ2n) is 11.4. The Morgan fingerprint density at radius 1 is 1.09 bits per heavy atom. The Balaban J connectivity index is 1.26. The standard InChI is InChI=1S/C34H34ClFN6O3/c35-28-10-9-26-25(5-2-19-45-29-6-1-4-22-20-23(36)7-8-24(22)29)32(34(43)44)41(18-17-40-15-12-37-13-16-40)31(26)30(28)27-21-39-42-14-3-11-38-33(27)42/h1,3-4,6-10,14,20-21,37-38H,2,5,11-13,15-19H2,(H,43,44). The molecule has 45 heavy (non-hydrogen) atoms. The maximum Gasteiger partial charge on any atom is 0.352 e. The molecule has 0 amide bonds. The molecule has 4 heterocycles. The molecule has 0 saturated carbocycles. The molecule has 7 rings (SSSR count). The van der Waals surface area contributed by atoms with E-state index in [-0.39, 0.29) is 11.5 Å². The monoisotopic (exact) mass is 628 g/mol. The molecule has 9 nitrogen and oxygen atoms in total. The van der Waals surface area contributed by atoms with E-state index in [0.717, 1.165) is 76.9 Å². The molecule has 2 aliphatic heterocycles. The number of anilines is 1. The first-order valence-corrected chi connectivity index (χ1v) is 15.7. The van der Waals surface area contributed by atoms with Gasteiger partial charge >= 0.3 is 5.97 Å². The van der Waals surface area contributed by atoms with Gasteiger partial charge in [0.2, 0.25) is 0 Å². The fraction of sp³-hybridized carbons (Fsp3) is 0.294. The summed E-state index contributed by atoms with van der Waals surface area (Å²) in [6.07, 6.45) is 6.76. The van der Waals surface area contributed by atoms with Crippen molar-refractivity contribution in [1.29, 1.82) is 0 Å². The molecular formula is C34H34ClFN6O3. The molecule has 232 valence electrons. The molecule has 0 unspecified atom stereocenters. The molecule has 5 aromatic rings. The number of halogens is 2. The maximum absolute atomic E-state index is 13.8. The van der Waals surface area contributed by atoms with Gasteiger partial charge in [0.15, 0.2) is 0 Å². The van der Waals surface area contributed by atoms with Crippen LogP contribution >= 0.6 is 11.6 Å². The quantitative estimate of drug-likeness (QED) is 0.164. The number of aryl methyl sites for hydroxylation is 1. The first-order valence-electron chi connectivity index (χ1n) is 15.3. The topological polar surface area (TPSA) is 96.6 Å². The van der Waals surface area contributed by atoms with Gasteiger partial charge in [0.05, 0.1) is 23.3 Å². The molecule has 11 heteroatoms. The zero-order valence-corrected chi connectivity index (χ0v) is 25.5. The van der Waals surface area contributed by atoms with Crippen LogP contribution in [0.25, 0.3) is 39.0 Å². The van der Waals surface area contributed by atoms with Crippen molar-refractivity contribution in [2.45, 2.75) is 19.4 Å². The van der Waals surface area contributed by atoms with Crippen molar-refractivity contribution in [3.05, 3.63) is 82.9 Å². The number of fused-ring (bicyclic) bond motifs is 3. The highest BCUT2D eigenvalue weighted by Gasteiger charge is 2.28. The number of piperazine rings is 1. The number of benzene rings is 3. The van der Waals surface area contributed by atoms with Gasteiger partial charge < -0.3 is 25.0 Å². The van der Waals surface area contributed by atoms with Gasteiger partial charge in [0, 0.05) is 73.9 Å². The van der Waals surface area contributed by atoms with Crippen LogP contribution in [-0.4, -0.2) is 76.2 Å². The van der Waals surface area contributed by atoms with E-state index in [9.17, 15) is 14.3 Å². The number of ether oxygens (including phenoxy) is 1. The highest BCUT2D eigenvalue weighted by molar-refractivity contribution is 6.35. The van der Waals surface area contributed by atoms with Crippen molar-refractivity contribution in [2.24, 2.45) is 0 Å². The van der Waals surface area contributed by atoms with Crippen molar-refractivity contribution in [3.8, 4) is 16.9 Å². The molecular weight excluding hydrogens is 595 g/mol. The van der Waals surface area contributed by atoms with E-state index in [0.29, 0.717) is 43.3 Å². The van der Waals surface area contributed by atoms with E-state index in [1.165, 1.54) is 12.1 Å². The van der Waals surface area contributed by atoms with Gasteiger partial charge in [-0.05, 0) is 60.2 Å². The fourth-order valence-electron chi connectivity index (χ4n) is 6.57. The Labute approximate surface area is 264 Å².